The van der Waals surface area contributed by atoms with Crippen molar-refractivity contribution in [2.75, 3.05) is 12.9 Å². The number of hydrogen-bond donors (Lipinski definition) is 0. The van der Waals surface area contributed by atoms with Crippen molar-refractivity contribution < 1.29 is 19.1 Å². The van der Waals surface area contributed by atoms with Gasteiger partial charge in [-0.05, 0) is 29.7 Å². The van der Waals surface area contributed by atoms with Crippen LogP contribution in [0.4, 0.5) is 0 Å². The van der Waals surface area contributed by atoms with Crippen LogP contribution in [0.1, 0.15) is 22.7 Å². The molecule has 4 rings (SSSR count). The molecule has 168 valence electrons. The summed E-state index contributed by atoms with van der Waals surface area (Å²) in [4.78, 5) is 38.1. The van der Waals surface area contributed by atoms with Gasteiger partial charge in [-0.2, -0.15) is 0 Å². The van der Waals surface area contributed by atoms with Crippen molar-refractivity contribution in [2.24, 2.45) is 0 Å². The molecule has 0 unspecified atom stereocenters. The molecule has 7 heteroatoms. The highest BCUT2D eigenvalue weighted by Crippen LogP contribution is 2.41. The zero-order valence-corrected chi connectivity index (χ0v) is 19.1. The second-order valence-electron chi connectivity index (χ2n) is 7.54. The van der Waals surface area contributed by atoms with Gasteiger partial charge in [0.25, 0.3) is 5.56 Å². The summed E-state index contributed by atoms with van der Waals surface area (Å²) in [5.74, 6) is -0.611. The molecular weight excluding hydrogens is 438 g/mol. The number of fused-ring (bicyclic) bond motifs is 1. The monoisotopic (exact) mass is 461 g/mol. The molecule has 33 heavy (non-hydrogen) atoms. The zero-order valence-electron chi connectivity index (χ0n) is 18.3. The Morgan fingerprint density at radius 2 is 1.76 bits per heavy atom. The number of nitrogens with zero attached hydrogens (tertiary/aromatic N) is 1. The fourth-order valence-corrected chi connectivity index (χ4v) is 5.20. The van der Waals surface area contributed by atoms with Gasteiger partial charge in [-0.15, -0.1) is 11.8 Å². The van der Waals surface area contributed by atoms with Gasteiger partial charge in [0.2, 0.25) is 0 Å². The first-order valence-corrected chi connectivity index (χ1v) is 11.4. The zero-order chi connectivity index (χ0) is 23.4. The first-order chi connectivity index (χ1) is 16.0. The van der Waals surface area contributed by atoms with Gasteiger partial charge in [0.05, 0.1) is 12.1 Å². The molecule has 6 nitrogen and oxygen atoms in total. The second-order valence-corrected chi connectivity index (χ2v) is 8.55. The number of ether oxygens (including phenoxy) is 2. The molecule has 0 spiro atoms. The molecule has 2 heterocycles. The number of aromatic nitrogens is 1. The van der Waals surface area contributed by atoms with E-state index in [-0.39, 0.29) is 12.2 Å². The van der Waals surface area contributed by atoms with E-state index in [2.05, 4.69) is 0 Å². The standard InChI is InChI=1S/C26H23NO5S/c1-17-20(13-14-22(28)32-15-18-9-5-3-6-10-18)24(29)27-21(26(30)31-2)16-33-25(27)23(17)19-11-7-4-8-12-19/h3-14,21H,15-16H2,1-2H3/t21-/m0/s1. The SMILES string of the molecule is COC(=O)[C@@H]1CSc2c(-c3ccccc3)c(C)c(C=CC(=O)OCc3ccccc3)c(=O)n21. The summed E-state index contributed by atoms with van der Waals surface area (Å²) in [5, 5.41) is 0.725. The maximum Gasteiger partial charge on any atom is 0.331 e. The van der Waals surface area contributed by atoms with Crippen LogP contribution in [0.15, 0.2) is 76.6 Å². The molecule has 0 N–H and O–H groups in total. The Labute approximate surface area is 195 Å². The molecule has 3 aromatic rings. The van der Waals surface area contributed by atoms with Gasteiger partial charge in [0.1, 0.15) is 12.6 Å². The van der Waals surface area contributed by atoms with Gasteiger partial charge in [0.15, 0.2) is 0 Å². The van der Waals surface area contributed by atoms with E-state index in [0.717, 1.165) is 27.3 Å². The summed E-state index contributed by atoms with van der Waals surface area (Å²) in [5.41, 5.74) is 3.40. The lowest BCUT2D eigenvalue weighted by Gasteiger charge is -2.18. The van der Waals surface area contributed by atoms with Crippen molar-refractivity contribution in [1.29, 1.82) is 0 Å². The van der Waals surface area contributed by atoms with Crippen molar-refractivity contribution in [3.8, 4) is 11.1 Å². The predicted molar refractivity (Wildman–Crippen MR) is 128 cm³/mol. The van der Waals surface area contributed by atoms with Crippen molar-refractivity contribution in [3.63, 3.8) is 0 Å². The van der Waals surface area contributed by atoms with Crippen LogP contribution in [0.2, 0.25) is 0 Å². The first-order valence-electron chi connectivity index (χ1n) is 10.4. The summed E-state index contributed by atoms with van der Waals surface area (Å²) < 4.78 is 11.7. The molecule has 0 bridgehead atoms. The van der Waals surface area contributed by atoms with Crippen LogP contribution in [0.5, 0.6) is 0 Å². The number of esters is 2. The highest BCUT2D eigenvalue weighted by atomic mass is 32.2. The van der Waals surface area contributed by atoms with Gasteiger partial charge in [-0.1, -0.05) is 60.7 Å². The molecule has 0 amide bonds. The van der Waals surface area contributed by atoms with Crippen molar-refractivity contribution in [3.05, 3.63) is 93.8 Å². The van der Waals surface area contributed by atoms with Crippen LogP contribution in [0.3, 0.4) is 0 Å². The Hall–Kier alpha value is -3.58. The van der Waals surface area contributed by atoms with Crippen LogP contribution in [0, 0.1) is 6.92 Å². The minimum absolute atomic E-state index is 0.141. The lowest BCUT2D eigenvalue weighted by Crippen LogP contribution is -2.31. The Balaban J connectivity index is 1.73. The third-order valence-electron chi connectivity index (χ3n) is 5.50. The minimum Gasteiger partial charge on any atom is -0.467 e. The van der Waals surface area contributed by atoms with Gasteiger partial charge in [0, 0.05) is 23.0 Å². The molecule has 1 aromatic heterocycles. The Morgan fingerprint density at radius 1 is 1.09 bits per heavy atom. The Kier molecular flexibility index (Phi) is 6.79. The van der Waals surface area contributed by atoms with Crippen molar-refractivity contribution in [2.45, 2.75) is 24.6 Å². The van der Waals surface area contributed by atoms with Gasteiger partial charge in [-0.3, -0.25) is 9.36 Å². The van der Waals surface area contributed by atoms with Crippen LogP contribution in [0.25, 0.3) is 17.2 Å². The number of hydrogen-bond acceptors (Lipinski definition) is 6. The first kappa shape index (κ1) is 22.6. The third kappa shape index (κ3) is 4.64. The van der Waals surface area contributed by atoms with Crippen LogP contribution < -0.4 is 5.56 Å². The van der Waals surface area contributed by atoms with Gasteiger partial charge >= 0.3 is 11.9 Å². The topological polar surface area (TPSA) is 74.6 Å². The average molecular weight is 462 g/mol. The smallest absolute Gasteiger partial charge is 0.331 e. The number of thioether (sulfide) groups is 1. The average Bonchev–Trinajstić information content (AvgIpc) is 3.28. The summed E-state index contributed by atoms with van der Waals surface area (Å²) in [6.07, 6.45) is 2.73. The number of benzene rings is 2. The molecule has 1 aliphatic rings. The molecule has 2 aromatic carbocycles. The van der Waals surface area contributed by atoms with E-state index >= 15 is 0 Å². The van der Waals surface area contributed by atoms with Gasteiger partial charge in [-0.25, -0.2) is 9.59 Å². The van der Waals surface area contributed by atoms with E-state index in [4.69, 9.17) is 9.47 Å². The summed E-state index contributed by atoms with van der Waals surface area (Å²) in [6.45, 7) is 1.99. The maximum atomic E-state index is 13.4. The van der Waals surface area contributed by atoms with E-state index in [0.29, 0.717) is 11.3 Å². The summed E-state index contributed by atoms with van der Waals surface area (Å²) in [6, 6.07) is 18.3. The van der Waals surface area contributed by atoms with Gasteiger partial charge < -0.3 is 9.47 Å². The molecule has 0 fully saturated rings. The Morgan fingerprint density at radius 3 is 2.42 bits per heavy atom. The normalized spacial score (nSPS) is 14.8. The number of carbonyl (C=O) groups is 2. The number of pyridine rings is 1. The molecule has 1 aliphatic heterocycles. The number of methoxy groups -OCH3 is 1. The van der Waals surface area contributed by atoms with Crippen LogP contribution in [-0.2, 0) is 25.7 Å². The predicted octanol–water partition coefficient (Wildman–Crippen LogP) is 4.40. The van der Waals surface area contributed by atoms with Crippen molar-refractivity contribution >= 4 is 29.8 Å². The van der Waals surface area contributed by atoms with E-state index < -0.39 is 18.0 Å². The fraction of sp³-hybridized carbons (Fsp3) is 0.192. The fourth-order valence-electron chi connectivity index (χ4n) is 3.83. The lowest BCUT2D eigenvalue weighted by molar-refractivity contribution is -0.144. The highest BCUT2D eigenvalue weighted by molar-refractivity contribution is 7.99. The Bertz CT molecular complexity index is 1270. The quantitative estimate of drug-likeness (QED) is 0.400. The number of rotatable bonds is 6. The summed E-state index contributed by atoms with van der Waals surface area (Å²) >= 11 is 1.45. The molecular formula is C26H23NO5S. The third-order valence-corrected chi connectivity index (χ3v) is 6.65. The molecule has 0 saturated heterocycles. The largest absolute Gasteiger partial charge is 0.467 e. The summed E-state index contributed by atoms with van der Waals surface area (Å²) in [7, 11) is 1.31. The molecule has 0 saturated carbocycles. The molecule has 0 aliphatic carbocycles. The van der Waals surface area contributed by atoms with E-state index in [1.807, 2.05) is 67.6 Å². The number of carbonyl (C=O) groups excluding carboxylic acids is 2. The van der Waals surface area contributed by atoms with Crippen LogP contribution in [-0.4, -0.2) is 29.4 Å². The second kappa shape index (κ2) is 9.92. The van der Waals surface area contributed by atoms with E-state index in [1.54, 1.807) is 0 Å². The highest BCUT2D eigenvalue weighted by Gasteiger charge is 2.34. The van der Waals surface area contributed by atoms with Crippen molar-refractivity contribution in [1.82, 2.24) is 4.57 Å². The maximum absolute atomic E-state index is 13.4. The molecule has 1 atom stereocenters. The van der Waals surface area contributed by atoms with E-state index in [9.17, 15) is 14.4 Å². The van der Waals surface area contributed by atoms with E-state index in [1.165, 1.54) is 35.6 Å². The molecule has 0 radical (unpaired) electrons. The minimum atomic E-state index is -0.720. The lowest BCUT2D eigenvalue weighted by atomic mass is 9.98. The van der Waals surface area contributed by atoms with Crippen LogP contribution >= 0.6 is 11.8 Å².